The largest absolute Gasteiger partial charge is 0.593 e. The number of nitrogens with zero attached hydrogens (tertiary/aromatic N) is 4. The maximum absolute atomic E-state index is 13.8. The van der Waals surface area contributed by atoms with Crippen molar-refractivity contribution in [3.63, 3.8) is 0 Å². The Morgan fingerprint density at radius 3 is 2.54 bits per heavy atom. The first kappa shape index (κ1) is 28.3. The molecule has 3 aliphatic heterocycles. The van der Waals surface area contributed by atoms with Crippen LogP contribution in [-0.4, -0.2) is 93.2 Å². The molecule has 2 aromatic rings. The topological polar surface area (TPSA) is 122 Å². The van der Waals surface area contributed by atoms with Gasteiger partial charge in [-0.05, 0) is 67.7 Å². The van der Waals surface area contributed by atoms with Crippen molar-refractivity contribution in [2.45, 2.75) is 42.8 Å². The smallest absolute Gasteiger partial charge is 0.192 e. The fourth-order valence-corrected chi connectivity index (χ4v) is 7.83. The van der Waals surface area contributed by atoms with E-state index in [-0.39, 0.29) is 23.4 Å². The van der Waals surface area contributed by atoms with E-state index in [0.29, 0.717) is 44.0 Å². The maximum Gasteiger partial charge on any atom is 0.192 e. The van der Waals surface area contributed by atoms with Crippen LogP contribution in [0.25, 0.3) is 0 Å². The van der Waals surface area contributed by atoms with E-state index in [1.165, 1.54) is 23.9 Å². The Morgan fingerprint density at radius 1 is 1.10 bits per heavy atom. The number of β-amino-alcohol motifs (C(OH)–C–C–N with tert-alkyl or cyclic N) is 2. The maximum atomic E-state index is 13.8. The Labute approximate surface area is 243 Å². The van der Waals surface area contributed by atoms with Crippen molar-refractivity contribution in [2.24, 2.45) is 5.41 Å². The molecule has 3 fully saturated rings. The molecule has 4 heterocycles. The molecule has 0 amide bonds. The lowest BCUT2D eigenvalue weighted by atomic mass is 9.68. The Bertz CT molecular complexity index is 1320. The predicted molar refractivity (Wildman–Crippen MR) is 158 cm³/mol. The van der Waals surface area contributed by atoms with Gasteiger partial charge in [0.25, 0.3) is 0 Å². The number of halogens is 1. The number of hydrogen-bond donors (Lipinski definition) is 4. The average Bonchev–Trinajstić information content (AvgIpc) is 3.60. The molecule has 4 atom stereocenters. The number of allylic oxidation sites excluding steroid dienone is 2. The SMILES string of the molecule is N=CC1=C(Nc2ccc(F)cc2)C=C2CCN([S+]([O-])c3ccc(N4CC[C@@H](O)C4)nc3)C[C@@]2(CN2CC[C@H](O)C2)C1. The normalized spacial score (nSPS) is 28.0. The summed E-state index contributed by atoms with van der Waals surface area (Å²) >= 11 is -1.41. The predicted octanol–water partition coefficient (Wildman–Crippen LogP) is 2.92. The third-order valence-corrected chi connectivity index (χ3v) is 10.1. The molecule has 0 saturated carbocycles. The van der Waals surface area contributed by atoms with Crippen LogP contribution in [0.2, 0.25) is 0 Å². The van der Waals surface area contributed by atoms with E-state index in [4.69, 9.17) is 5.41 Å². The first-order valence-corrected chi connectivity index (χ1v) is 15.4. The van der Waals surface area contributed by atoms with Crippen LogP contribution in [0.4, 0.5) is 15.9 Å². The Hall–Kier alpha value is -2.80. The van der Waals surface area contributed by atoms with Crippen LogP contribution in [0, 0.1) is 16.6 Å². The van der Waals surface area contributed by atoms with E-state index < -0.39 is 11.4 Å². The molecule has 0 radical (unpaired) electrons. The van der Waals surface area contributed by atoms with E-state index in [2.05, 4.69) is 21.3 Å². The Balaban J connectivity index is 1.24. The zero-order valence-electron chi connectivity index (χ0n) is 23.0. The molecular formula is C30H37FN6O3S. The summed E-state index contributed by atoms with van der Waals surface area (Å²) in [4.78, 5) is 9.53. The van der Waals surface area contributed by atoms with Crippen LogP contribution in [0.3, 0.4) is 0 Å². The highest BCUT2D eigenvalue weighted by atomic mass is 32.2. The molecule has 4 aliphatic rings. The van der Waals surface area contributed by atoms with Gasteiger partial charge in [-0.1, -0.05) is 5.57 Å². The molecular weight excluding hydrogens is 543 g/mol. The van der Waals surface area contributed by atoms with Crippen LogP contribution in [0.15, 0.2) is 70.4 Å². The van der Waals surface area contributed by atoms with Crippen LogP contribution < -0.4 is 10.2 Å². The Kier molecular flexibility index (Phi) is 8.17. The fraction of sp³-hybridized carbons (Fsp3) is 0.467. The number of rotatable bonds is 8. The number of aliphatic hydroxyl groups excluding tert-OH is 2. The molecule has 1 aliphatic carbocycles. The van der Waals surface area contributed by atoms with Gasteiger partial charge in [-0.2, -0.15) is 0 Å². The molecule has 1 aromatic carbocycles. The lowest BCUT2D eigenvalue weighted by Crippen LogP contribution is -2.53. The van der Waals surface area contributed by atoms with Crippen LogP contribution in [-0.2, 0) is 11.4 Å². The third-order valence-electron chi connectivity index (χ3n) is 8.70. The highest BCUT2D eigenvalue weighted by Gasteiger charge is 2.47. The molecule has 0 bridgehead atoms. The number of fused-ring (bicyclic) bond motifs is 1. The summed E-state index contributed by atoms with van der Waals surface area (Å²) in [6.45, 7) is 4.61. The summed E-state index contributed by atoms with van der Waals surface area (Å²) in [5.41, 5.74) is 3.30. The van der Waals surface area contributed by atoms with Crippen molar-refractivity contribution in [1.82, 2.24) is 14.2 Å². The molecule has 3 saturated heterocycles. The second kappa shape index (κ2) is 11.8. The van der Waals surface area contributed by atoms with E-state index in [1.807, 2.05) is 21.3 Å². The zero-order chi connectivity index (χ0) is 28.6. The number of aliphatic hydroxyl groups is 2. The number of aromatic nitrogens is 1. The van der Waals surface area contributed by atoms with Crippen LogP contribution in [0.1, 0.15) is 25.7 Å². The number of pyridine rings is 1. The number of piperidine rings is 1. The number of hydrogen-bond acceptors (Lipinski definition) is 9. The van der Waals surface area contributed by atoms with E-state index >= 15 is 0 Å². The van der Waals surface area contributed by atoms with Crippen LogP contribution >= 0.6 is 0 Å². The van der Waals surface area contributed by atoms with Crippen molar-refractivity contribution in [1.29, 1.82) is 5.41 Å². The molecule has 9 nitrogen and oxygen atoms in total. The second-order valence-corrected chi connectivity index (χ2v) is 13.1. The van der Waals surface area contributed by atoms with Gasteiger partial charge in [-0.15, -0.1) is 4.31 Å². The van der Waals surface area contributed by atoms with Crippen molar-refractivity contribution < 1.29 is 19.2 Å². The van der Waals surface area contributed by atoms with Gasteiger partial charge in [0, 0.05) is 68.3 Å². The summed E-state index contributed by atoms with van der Waals surface area (Å²) in [7, 11) is 0. The molecule has 41 heavy (non-hydrogen) atoms. The summed E-state index contributed by atoms with van der Waals surface area (Å²) in [5.74, 6) is 0.482. The summed E-state index contributed by atoms with van der Waals surface area (Å²) in [5, 5.41) is 31.7. The van der Waals surface area contributed by atoms with Crippen molar-refractivity contribution >= 4 is 29.1 Å². The second-order valence-electron chi connectivity index (χ2n) is 11.6. The van der Waals surface area contributed by atoms with E-state index in [9.17, 15) is 19.2 Å². The quantitative estimate of drug-likeness (QED) is 0.278. The molecule has 0 spiro atoms. The molecule has 1 unspecified atom stereocenters. The molecule has 11 heteroatoms. The lowest BCUT2D eigenvalue weighted by molar-refractivity contribution is 0.126. The fourth-order valence-electron chi connectivity index (χ4n) is 6.58. The van der Waals surface area contributed by atoms with Crippen molar-refractivity contribution in [2.75, 3.05) is 56.0 Å². The minimum Gasteiger partial charge on any atom is -0.593 e. The summed E-state index contributed by atoms with van der Waals surface area (Å²) in [6.07, 6.45) is 7.29. The van der Waals surface area contributed by atoms with Crippen LogP contribution in [0.5, 0.6) is 0 Å². The van der Waals surface area contributed by atoms with Gasteiger partial charge in [0.15, 0.2) is 4.90 Å². The van der Waals surface area contributed by atoms with Gasteiger partial charge < -0.3 is 30.4 Å². The number of likely N-dealkylation sites (tertiary alicyclic amines) is 1. The Morgan fingerprint density at radius 2 is 1.88 bits per heavy atom. The number of benzene rings is 1. The minimum atomic E-state index is -1.41. The summed E-state index contributed by atoms with van der Waals surface area (Å²) in [6, 6.07) is 9.95. The third kappa shape index (κ3) is 6.06. The average molecular weight is 581 g/mol. The zero-order valence-corrected chi connectivity index (χ0v) is 23.8. The molecule has 218 valence electrons. The molecule has 1 aromatic heterocycles. The monoisotopic (exact) mass is 580 g/mol. The minimum absolute atomic E-state index is 0.300. The van der Waals surface area contributed by atoms with E-state index in [1.54, 1.807) is 18.3 Å². The van der Waals surface area contributed by atoms with Crippen molar-refractivity contribution in [3.8, 4) is 0 Å². The van der Waals surface area contributed by atoms with Crippen molar-refractivity contribution in [3.05, 3.63) is 71.3 Å². The number of nitrogens with one attached hydrogen (secondary N) is 2. The van der Waals surface area contributed by atoms with Gasteiger partial charge in [0.1, 0.15) is 11.6 Å². The first-order valence-electron chi connectivity index (χ1n) is 14.3. The first-order chi connectivity index (χ1) is 19.8. The molecule has 6 rings (SSSR count). The van der Waals surface area contributed by atoms with Gasteiger partial charge in [0.05, 0.1) is 36.3 Å². The van der Waals surface area contributed by atoms with Gasteiger partial charge in [0.2, 0.25) is 0 Å². The lowest BCUT2D eigenvalue weighted by Gasteiger charge is -2.48. The van der Waals surface area contributed by atoms with Gasteiger partial charge in [-0.3, -0.25) is 4.90 Å². The standard InChI is InChI=1S/C30H37FN6O3S/c31-23-1-3-24(4-2-23)34-28-13-22-7-12-37(20-30(22,14-21(28)15-32)19-35-10-8-25(38)17-35)41(40)27-5-6-29(33-16-27)36-11-9-26(39)18-36/h1-6,13,15-16,25-26,32,34,38-39H,7-12,14,17-20H2/t25-,26+,30-,41?/m0/s1. The van der Waals surface area contributed by atoms with E-state index in [0.717, 1.165) is 55.1 Å². The summed E-state index contributed by atoms with van der Waals surface area (Å²) < 4.78 is 29.3. The number of anilines is 2. The van der Waals surface area contributed by atoms with Gasteiger partial charge >= 0.3 is 0 Å². The van der Waals surface area contributed by atoms with Gasteiger partial charge in [-0.25, -0.2) is 9.37 Å². The highest BCUT2D eigenvalue weighted by Crippen LogP contribution is 2.47. The highest BCUT2D eigenvalue weighted by molar-refractivity contribution is 7.89. The molecule has 4 N–H and O–H groups in total.